The van der Waals surface area contributed by atoms with Crippen LogP contribution >= 0.6 is 0 Å². The molecule has 1 aromatic carbocycles. The lowest BCUT2D eigenvalue weighted by atomic mass is 9.74. The monoisotopic (exact) mass is 329 g/mol. The van der Waals surface area contributed by atoms with Crippen molar-refractivity contribution in [3.63, 3.8) is 0 Å². The summed E-state index contributed by atoms with van der Waals surface area (Å²) in [4.78, 5) is 15.2. The van der Waals surface area contributed by atoms with E-state index in [2.05, 4.69) is 18.7 Å². The molecule has 0 amide bonds. The first-order valence-corrected chi connectivity index (χ1v) is 8.77. The molecule has 1 heterocycles. The molecule has 1 aliphatic carbocycles. The van der Waals surface area contributed by atoms with Gasteiger partial charge in [0.2, 0.25) is 0 Å². The van der Waals surface area contributed by atoms with Gasteiger partial charge in [-0.05, 0) is 48.9 Å². The van der Waals surface area contributed by atoms with Crippen LogP contribution < -0.4 is 9.64 Å². The van der Waals surface area contributed by atoms with Gasteiger partial charge in [-0.3, -0.25) is 4.79 Å². The van der Waals surface area contributed by atoms with Crippen molar-refractivity contribution >= 4 is 11.5 Å². The molecule has 1 aromatic rings. The summed E-state index contributed by atoms with van der Waals surface area (Å²) in [6.45, 7) is 5.14. The van der Waals surface area contributed by atoms with Crippen molar-refractivity contribution in [1.82, 2.24) is 0 Å². The largest absolute Gasteiger partial charge is 0.497 e. The Morgan fingerprint density at radius 2 is 1.96 bits per heavy atom. The number of aliphatic hydroxyl groups excluding tert-OH is 1. The van der Waals surface area contributed by atoms with E-state index in [9.17, 15) is 9.90 Å². The second-order valence-electron chi connectivity index (χ2n) is 7.54. The van der Waals surface area contributed by atoms with Crippen molar-refractivity contribution in [1.29, 1.82) is 0 Å². The van der Waals surface area contributed by atoms with Gasteiger partial charge in [0.05, 0.1) is 13.2 Å². The fraction of sp³-hybridized carbons (Fsp3) is 0.550. The molecule has 2 unspecified atom stereocenters. The third kappa shape index (κ3) is 3.20. The van der Waals surface area contributed by atoms with E-state index >= 15 is 0 Å². The molecule has 0 bridgehead atoms. The number of methoxy groups -OCH3 is 1. The topological polar surface area (TPSA) is 49.8 Å². The standard InChI is InChI=1S/C20H27NO3/c1-20(2)11-12-21(14-7-9-15(24-3)10-8-14)13-17(20)19(23)16-5-4-6-18(16)22/h7-10,13,16,18,22H,4-6,11-12H2,1-3H3. The lowest BCUT2D eigenvalue weighted by molar-refractivity contribution is -0.122. The van der Waals surface area contributed by atoms with E-state index in [0.717, 1.165) is 49.2 Å². The number of ketones is 1. The zero-order valence-corrected chi connectivity index (χ0v) is 14.8. The molecule has 130 valence electrons. The Balaban J connectivity index is 1.88. The summed E-state index contributed by atoms with van der Waals surface area (Å²) in [6, 6.07) is 7.90. The van der Waals surface area contributed by atoms with Crippen LogP contribution in [0.2, 0.25) is 0 Å². The highest BCUT2D eigenvalue weighted by molar-refractivity contribution is 5.99. The second-order valence-corrected chi connectivity index (χ2v) is 7.54. The van der Waals surface area contributed by atoms with Crippen molar-refractivity contribution in [3.8, 4) is 5.75 Å². The number of anilines is 1. The fourth-order valence-corrected chi connectivity index (χ4v) is 3.75. The van der Waals surface area contributed by atoms with Crippen LogP contribution in [-0.4, -0.2) is 30.6 Å². The Hall–Kier alpha value is -1.81. The van der Waals surface area contributed by atoms with Gasteiger partial charge in [0.25, 0.3) is 0 Å². The molecule has 1 N–H and O–H groups in total. The first-order valence-electron chi connectivity index (χ1n) is 8.77. The van der Waals surface area contributed by atoms with Crippen molar-refractivity contribution < 1.29 is 14.6 Å². The summed E-state index contributed by atoms with van der Waals surface area (Å²) in [5.41, 5.74) is 1.75. The van der Waals surface area contributed by atoms with Gasteiger partial charge in [0.15, 0.2) is 5.78 Å². The fourth-order valence-electron chi connectivity index (χ4n) is 3.75. The Morgan fingerprint density at radius 1 is 1.25 bits per heavy atom. The maximum absolute atomic E-state index is 13.0. The number of carbonyl (C=O) groups is 1. The van der Waals surface area contributed by atoms with Gasteiger partial charge in [-0.25, -0.2) is 0 Å². The van der Waals surface area contributed by atoms with Gasteiger partial charge in [0, 0.05) is 29.9 Å². The molecule has 24 heavy (non-hydrogen) atoms. The Kier molecular flexibility index (Phi) is 4.68. The lowest BCUT2D eigenvalue weighted by Gasteiger charge is -2.38. The zero-order valence-electron chi connectivity index (χ0n) is 14.8. The highest BCUT2D eigenvalue weighted by Crippen LogP contribution is 2.40. The molecule has 0 radical (unpaired) electrons. The zero-order chi connectivity index (χ0) is 17.3. The number of hydrogen-bond acceptors (Lipinski definition) is 4. The van der Waals surface area contributed by atoms with Gasteiger partial charge in [-0.1, -0.05) is 20.3 Å². The number of hydrogen-bond donors (Lipinski definition) is 1. The number of rotatable bonds is 4. The smallest absolute Gasteiger partial charge is 0.166 e. The predicted octanol–water partition coefficient (Wildman–Crippen LogP) is 3.55. The third-order valence-electron chi connectivity index (χ3n) is 5.48. The second kappa shape index (κ2) is 6.60. The van der Waals surface area contributed by atoms with Crippen molar-refractivity contribution in [2.45, 2.75) is 45.6 Å². The van der Waals surface area contributed by atoms with Crippen LogP contribution in [0, 0.1) is 11.3 Å². The summed E-state index contributed by atoms with van der Waals surface area (Å²) in [6.07, 6.45) is 4.92. The van der Waals surface area contributed by atoms with E-state index in [0.29, 0.717) is 0 Å². The van der Waals surface area contributed by atoms with Crippen molar-refractivity contribution in [3.05, 3.63) is 36.0 Å². The molecule has 1 saturated carbocycles. The van der Waals surface area contributed by atoms with Gasteiger partial charge in [0.1, 0.15) is 5.75 Å². The number of benzene rings is 1. The predicted molar refractivity (Wildman–Crippen MR) is 95.2 cm³/mol. The van der Waals surface area contributed by atoms with E-state index in [4.69, 9.17) is 4.74 Å². The maximum Gasteiger partial charge on any atom is 0.166 e. The number of allylic oxidation sites excluding steroid dienone is 1. The molecule has 4 heteroatoms. The number of aliphatic hydroxyl groups is 1. The first kappa shape index (κ1) is 17.0. The number of ether oxygens (including phenoxy) is 1. The van der Waals surface area contributed by atoms with Gasteiger partial charge in [-0.2, -0.15) is 0 Å². The first-order chi connectivity index (χ1) is 11.4. The van der Waals surface area contributed by atoms with Gasteiger partial charge >= 0.3 is 0 Å². The molecular formula is C20H27NO3. The number of Topliss-reactive ketones (excluding diaryl/α,β-unsaturated/α-hetero) is 1. The molecule has 1 aliphatic heterocycles. The van der Waals surface area contributed by atoms with Crippen LogP contribution in [0.5, 0.6) is 5.75 Å². The molecule has 0 spiro atoms. The highest BCUT2D eigenvalue weighted by atomic mass is 16.5. The van der Waals surface area contributed by atoms with E-state index in [1.807, 2.05) is 30.5 Å². The molecular weight excluding hydrogens is 302 g/mol. The average Bonchev–Trinajstić information content (AvgIpc) is 3.00. The third-order valence-corrected chi connectivity index (χ3v) is 5.48. The minimum absolute atomic E-state index is 0.128. The van der Waals surface area contributed by atoms with Crippen LogP contribution in [0.25, 0.3) is 0 Å². The molecule has 0 aromatic heterocycles. The molecule has 2 aliphatic rings. The van der Waals surface area contributed by atoms with E-state index in [1.165, 1.54) is 0 Å². The quantitative estimate of drug-likeness (QED) is 0.918. The van der Waals surface area contributed by atoms with Crippen LogP contribution in [0.3, 0.4) is 0 Å². The minimum Gasteiger partial charge on any atom is -0.497 e. The Labute approximate surface area is 144 Å². The normalized spacial score (nSPS) is 26.2. The summed E-state index contributed by atoms with van der Waals surface area (Å²) < 4.78 is 5.21. The SMILES string of the molecule is COc1ccc(N2C=C(C(=O)C3CCCC3O)C(C)(C)CC2)cc1. The molecule has 3 rings (SSSR count). The molecule has 4 nitrogen and oxygen atoms in total. The summed E-state index contributed by atoms with van der Waals surface area (Å²) in [5, 5.41) is 10.1. The number of nitrogens with zero attached hydrogens (tertiary/aromatic N) is 1. The lowest BCUT2D eigenvalue weighted by Crippen LogP contribution is -2.38. The summed E-state index contributed by atoms with van der Waals surface area (Å²) in [5.74, 6) is 0.722. The van der Waals surface area contributed by atoms with E-state index < -0.39 is 6.10 Å². The van der Waals surface area contributed by atoms with Crippen molar-refractivity contribution in [2.24, 2.45) is 11.3 Å². The average molecular weight is 329 g/mol. The molecule has 0 saturated heterocycles. The number of carbonyl (C=O) groups excluding carboxylic acids is 1. The van der Waals surface area contributed by atoms with E-state index in [1.54, 1.807) is 7.11 Å². The van der Waals surface area contributed by atoms with Crippen molar-refractivity contribution in [2.75, 3.05) is 18.6 Å². The van der Waals surface area contributed by atoms with Gasteiger partial charge < -0.3 is 14.7 Å². The van der Waals surface area contributed by atoms with Crippen LogP contribution in [-0.2, 0) is 4.79 Å². The summed E-state index contributed by atoms with van der Waals surface area (Å²) in [7, 11) is 1.65. The Bertz CT molecular complexity index is 633. The minimum atomic E-state index is -0.481. The maximum atomic E-state index is 13.0. The Morgan fingerprint density at radius 3 is 2.54 bits per heavy atom. The van der Waals surface area contributed by atoms with Crippen LogP contribution in [0.15, 0.2) is 36.0 Å². The van der Waals surface area contributed by atoms with Crippen LogP contribution in [0.1, 0.15) is 39.5 Å². The van der Waals surface area contributed by atoms with Crippen LogP contribution in [0.4, 0.5) is 5.69 Å². The molecule has 2 atom stereocenters. The van der Waals surface area contributed by atoms with E-state index in [-0.39, 0.29) is 17.1 Å². The highest BCUT2D eigenvalue weighted by Gasteiger charge is 2.40. The summed E-state index contributed by atoms with van der Waals surface area (Å²) >= 11 is 0. The van der Waals surface area contributed by atoms with Gasteiger partial charge in [-0.15, -0.1) is 0 Å². The molecule has 1 fully saturated rings.